The number of nitrogens with zero attached hydrogens (tertiary/aromatic N) is 1. The van der Waals surface area contributed by atoms with E-state index in [9.17, 15) is 18.0 Å². The van der Waals surface area contributed by atoms with Crippen molar-refractivity contribution in [1.82, 2.24) is 4.98 Å². The second-order valence-electron chi connectivity index (χ2n) is 7.99. The second kappa shape index (κ2) is 9.08. The molecule has 0 bridgehead atoms. The molecule has 0 aliphatic carbocycles. The Morgan fingerprint density at radius 3 is 2.22 bits per heavy atom. The van der Waals surface area contributed by atoms with Gasteiger partial charge in [0.15, 0.2) is 0 Å². The lowest BCUT2D eigenvalue weighted by atomic mass is 9.86. The average molecular weight is 464 g/mol. The largest absolute Gasteiger partial charge is 0.437 e. The summed E-state index contributed by atoms with van der Waals surface area (Å²) in [6, 6.07) is 13.9. The summed E-state index contributed by atoms with van der Waals surface area (Å²) in [6.45, 7) is 6.12. The van der Waals surface area contributed by atoms with Gasteiger partial charge in [0, 0.05) is 11.3 Å². The zero-order chi connectivity index (χ0) is 23.5. The minimum absolute atomic E-state index is 0.0803. The van der Waals surface area contributed by atoms with E-state index in [1.807, 2.05) is 39.0 Å². The van der Waals surface area contributed by atoms with Gasteiger partial charge in [-0.25, -0.2) is 4.79 Å². The number of hydrogen-bond acceptors (Lipinski definition) is 3. The van der Waals surface area contributed by atoms with Crippen molar-refractivity contribution < 1.29 is 22.7 Å². The number of aromatic nitrogens is 1. The summed E-state index contributed by atoms with van der Waals surface area (Å²) in [4.78, 5) is 16.6. The smallest absolute Gasteiger partial charge is 0.416 e. The number of alkyl halides is 3. The number of carbonyl (C=O) groups excluding carboxylic acids is 1. The summed E-state index contributed by atoms with van der Waals surface area (Å²) in [5.41, 5.74) is 0.351. The molecule has 2 N–H and O–H groups in total. The molecule has 5 nitrogen and oxygen atoms in total. The molecule has 1 aromatic heterocycles. The molecule has 0 aliphatic heterocycles. The summed E-state index contributed by atoms with van der Waals surface area (Å²) >= 11 is 6.02. The topological polar surface area (TPSA) is 63.2 Å². The number of urea groups is 1. The Hall–Kier alpha value is -3.26. The first-order valence-electron chi connectivity index (χ1n) is 9.62. The molecule has 168 valence electrons. The Balaban J connectivity index is 1.79. The third-order valence-corrected chi connectivity index (χ3v) is 4.66. The quantitative estimate of drug-likeness (QED) is 0.394. The van der Waals surface area contributed by atoms with E-state index in [0.29, 0.717) is 5.75 Å². The van der Waals surface area contributed by atoms with Crippen LogP contribution in [0.25, 0.3) is 0 Å². The summed E-state index contributed by atoms with van der Waals surface area (Å²) in [5.74, 6) is 0.637. The molecule has 2 aromatic carbocycles. The van der Waals surface area contributed by atoms with Crippen LogP contribution in [0.15, 0.2) is 60.7 Å². The third kappa shape index (κ3) is 5.91. The zero-order valence-corrected chi connectivity index (χ0v) is 18.3. The fraction of sp³-hybridized carbons (Fsp3) is 0.217. The van der Waals surface area contributed by atoms with Crippen LogP contribution in [0.3, 0.4) is 0 Å². The second-order valence-corrected chi connectivity index (χ2v) is 8.38. The van der Waals surface area contributed by atoms with Crippen LogP contribution in [-0.4, -0.2) is 11.0 Å². The summed E-state index contributed by atoms with van der Waals surface area (Å²) in [5, 5.41) is 5.24. The molecule has 0 saturated heterocycles. The van der Waals surface area contributed by atoms with Crippen LogP contribution in [0, 0.1) is 0 Å². The maximum atomic E-state index is 12.7. The van der Waals surface area contributed by atoms with E-state index in [1.165, 1.54) is 24.3 Å². The van der Waals surface area contributed by atoms with E-state index < -0.39 is 17.8 Å². The van der Waals surface area contributed by atoms with E-state index in [1.54, 1.807) is 6.07 Å². The number of rotatable bonds is 4. The highest BCUT2D eigenvalue weighted by atomic mass is 35.5. The van der Waals surface area contributed by atoms with E-state index in [4.69, 9.17) is 16.3 Å². The van der Waals surface area contributed by atoms with Crippen molar-refractivity contribution in [2.75, 3.05) is 10.6 Å². The van der Waals surface area contributed by atoms with Gasteiger partial charge < -0.3 is 15.4 Å². The number of nitrogens with one attached hydrogen (secondary N) is 2. The summed E-state index contributed by atoms with van der Waals surface area (Å²) in [7, 11) is 0. The van der Waals surface area contributed by atoms with Crippen LogP contribution in [-0.2, 0) is 11.6 Å². The van der Waals surface area contributed by atoms with Crippen molar-refractivity contribution in [3.05, 3.63) is 76.9 Å². The molecule has 32 heavy (non-hydrogen) atoms. The number of hydrogen-bond donors (Lipinski definition) is 2. The Labute approximate surface area is 188 Å². The molecule has 0 spiro atoms. The van der Waals surface area contributed by atoms with Gasteiger partial charge in [0.1, 0.15) is 16.6 Å². The fourth-order valence-electron chi connectivity index (χ4n) is 2.90. The standard InChI is InChI=1S/C23H21ClF3N3O2/c1-22(2,3)16-6-4-5-7-18(16)32-20-17(12-13-19(24)30-20)29-21(31)28-15-10-8-14(9-11-15)23(25,26)27/h4-13H,1-3H3,(H2,28,29,31). The van der Waals surface area contributed by atoms with Gasteiger partial charge in [-0.2, -0.15) is 18.2 Å². The Morgan fingerprint density at radius 1 is 0.938 bits per heavy atom. The molecular formula is C23H21ClF3N3O2. The molecule has 3 aromatic rings. The predicted molar refractivity (Wildman–Crippen MR) is 119 cm³/mol. The normalized spacial score (nSPS) is 11.7. The van der Waals surface area contributed by atoms with Crippen LogP contribution >= 0.6 is 11.6 Å². The molecular weight excluding hydrogens is 443 g/mol. The highest BCUT2D eigenvalue weighted by Crippen LogP contribution is 2.36. The molecule has 3 rings (SSSR count). The minimum Gasteiger partial charge on any atom is -0.437 e. The van der Waals surface area contributed by atoms with Gasteiger partial charge in [-0.1, -0.05) is 50.6 Å². The van der Waals surface area contributed by atoms with Crippen molar-refractivity contribution in [3.63, 3.8) is 0 Å². The van der Waals surface area contributed by atoms with Crippen molar-refractivity contribution in [2.45, 2.75) is 32.4 Å². The van der Waals surface area contributed by atoms with E-state index >= 15 is 0 Å². The summed E-state index contributed by atoms with van der Waals surface area (Å²) in [6.07, 6.45) is -4.45. The SMILES string of the molecule is CC(C)(C)c1ccccc1Oc1nc(Cl)ccc1NC(=O)Nc1ccc(C(F)(F)F)cc1. The van der Waals surface area contributed by atoms with Crippen LogP contribution in [0.4, 0.5) is 29.3 Å². The molecule has 0 aliphatic rings. The lowest BCUT2D eigenvalue weighted by Crippen LogP contribution is -2.20. The first-order chi connectivity index (χ1) is 14.9. The Morgan fingerprint density at radius 2 is 1.59 bits per heavy atom. The monoisotopic (exact) mass is 463 g/mol. The minimum atomic E-state index is -4.45. The number of benzene rings is 2. The van der Waals surface area contributed by atoms with E-state index in [2.05, 4.69) is 15.6 Å². The van der Waals surface area contributed by atoms with Crippen LogP contribution in [0.1, 0.15) is 31.9 Å². The van der Waals surface area contributed by atoms with Gasteiger partial charge in [0.25, 0.3) is 0 Å². The van der Waals surface area contributed by atoms with Gasteiger partial charge >= 0.3 is 12.2 Å². The molecule has 9 heteroatoms. The van der Waals surface area contributed by atoms with Crippen molar-refractivity contribution in [2.24, 2.45) is 0 Å². The lowest BCUT2D eigenvalue weighted by Gasteiger charge is -2.22. The Bertz CT molecular complexity index is 1110. The number of carbonyl (C=O) groups is 1. The first-order valence-corrected chi connectivity index (χ1v) is 10.0. The van der Waals surface area contributed by atoms with Crippen LogP contribution < -0.4 is 15.4 Å². The number of anilines is 2. The van der Waals surface area contributed by atoms with Gasteiger partial charge in [-0.3, -0.25) is 0 Å². The average Bonchev–Trinajstić information content (AvgIpc) is 2.69. The number of amides is 2. The predicted octanol–water partition coefficient (Wildman–Crippen LogP) is 7.49. The van der Waals surface area contributed by atoms with Crippen molar-refractivity contribution in [1.29, 1.82) is 0 Å². The van der Waals surface area contributed by atoms with Gasteiger partial charge in [0.2, 0.25) is 5.88 Å². The molecule has 0 fully saturated rings. The van der Waals surface area contributed by atoms with Gasteiger partial charge in [-0.15, -0.1) is 0 Å². The van der Waals surface area contributed by atoms with E-state index in [-0.39, 0.29) is 27.8 Å². The number of pyridine rings is 1. The number of halogens is 4. The third-order valence-electron chi connectivity index (χ3n) is 4.45. The molecule has 2 amide bonds. The zero-order valence-electron chi connectivity index (χ0n) is 17.5. The maximum absolute atomic E-state index is 12.7. The van der Waals surface area contributed by atoms with Crippen LogP contribution in [0.2, 0.25) is 5.15 Å². The van der Waals surface area contributed by atoms with Crippen molar-refractivity contribution in [3.8, 4) is 11.6 Å². The lowest BCUT2D eigenvalue weighted by molar-refractivity contribution is -0.137. The molecule has 1 heterocycles. The first kappa shape index (κ1) is 23.4. The van der Waals surface area contributed by atoms with E-state index in [0.717, 1.165) is 17.7 Å². The fourth-order valence-corrected chi connectivity index (χ4v) is 3.04. The molecule has 0 unspecified atom stereocenters. The maximum Gasteiger partial charge on any atom is 0.416 e. The van der Waals surface area contributed by atoms with Crippen molar-refractivity contribution >= 4 is 29.0 Å². The summed E-state index contributed by atoms with van der Waals surface area (Å²) < 4.78 is 44.1. The number of ether oxygens (including phenoxy) is 1. The molecule has 0 saturated carbocycles. The molecule has 0 atom stereocenters. The van der Waals surface area contributed by atoms with Crippen LogP contribution in [0.5, 0.6) is 11.6 Å². The Kier molecular flexibility index (Phi) is 6.64. The van der Waals surface area contributed by atoms with Gasteiger partial charge in [0.05, 0.1) is 5.56 Å². The van der Waals surface area contributed by atoms with Gasteiger partial charge in [-0.05, 0) is 47.9 Å². The number of para-hydroxylation sites is 1. The highest BCUT2D eigenvalue weighted by Gasteiger charge is 2.30. The molecule has 0 radical (unpaired) electrons. The highest BCUT2D eigenvalue weighted by molar-refractivity contribution is 6.29.